The molecule has 0 unspecified atom stereocenters. The molecule has 2 aromatic heterocycles. The molecular formula is C19H29IN6O. The van der Waals surface area contributed by atoms with Gasteiger partial charge in [-0.05, 0) is 32.4 Å². The van der Waals surface area contributed by atoms with Crippen molar-refractivity contribution in [2.75, 3.05) is 32.7 Å². The number of aromatic nitrogens is 2. The molecule has 0 saturated carbocycles. The van der Waals surface area contributed by atoms with Gasteiger partial charge in [0.05, 0.1) is 17.9 Å². The molecule has 1 aliphatic rings. The third kappa shape index (κ3) is 6.17. The van der Waals surface area contributed by atoms with Crippen LogP contribution in [0.2, 0.25) is 0 Å². The highest BCUT2D eigenvalue weighted by molar-refractivity contribution is 14.0. The summed E-state index contributed by atoms with van der Waals surface area (Å²) in [6, 6.07) is 6.05. The van der Waals surface area contributed by atoms with E-state index in [1.807, 2.05) is 25.3 Å². The van der Waals surface area contributed by atoms with Crippen molar-refractivity contribution in [1.29, 1.82) is 0 Å². The van der Waals surface area contributed by atoms with Crippen molar-refractivity contribution < 1.29 is 4.52 Å². The van der Waals surface area contributed by atoms with E-state index < -0.39 is 0 Å². The SMILES string of the molecule is CCNC(=NCc1ncccc1C)N1CCN(Cc2cc(C)on2)CC1.I. The van der Waals surface area contributed by atoms with Gasteiger partial charge in [-0.25, -0.2) is 4.99 Å². The van der Waals surface area contributed by atoms with E-state index in [1.165, 1.54) is 5.56 Å². The summed E-state index contributed by atoms with van der Waals surface area (Å²) in [5, 5.41) is 7.50. The summed E-state index contributed by atoms with van der Waals surface area (Å²) in [6.07, 6.45) is 1.83. The lowest BCUT2D eigenvalue weighted by Gasteiger charge is -2.36. The van der Waals surface area contributed by atoms with E-state index in [0.29, 0.717) is 6.54 Å². The Hall–Kier alpha value is -1.68. The van der Waals surface area contributed by atoms with Gasteiger partial charge in [-0.15, -0.1) is 24.0 Å². The van der Waals surface area contributed by atoms with Crippen molar-refractivity contribution in [2.45, 2.75) is 33.9 Å². The summed E-state index contributed by atoms with van der Waals surface area (Å²) in [5.74, 6) is 1.83. The van der Waals surface area contributed by atoms with Crippen LogP contribution in [0, 0.1) is 13.8 Å². The fourth-order valence-corrected chi connectivity index (χ4v) is 3.10. The van der Waals surface area contributed by atoms with Gasteiger partial charge >= 0.3 is 0 Å². The average molecular weight is 484 g/mol. The number of piperazine rings is 1. The standard InChI is InChI=1S/C19H28N6O.HI/c1-4-20-19(22-13-18-15(2)6-5-7-21-18)25-10-8-24(9-11-25)14-17-12-16(3)26-23-17;/h5-7,12H,4,8-11,13-14H2,1-3H3,(H,20,22);1H. The second-order valence-electron chi connectivity index (χ2n) is 6.63. The smallest absolute Gasteiger partial charge is 0.194 e. The molecular weight excluding hydrogens is 455 g/mol. The van der Waals surface area contributed by atoms with Crippen molar-refractivity contribution >= 4 is 29.9 Å². The Bertz CT molecular complexity index is 739. The third-order valence-electron chi connectivity index (χ3n) is 4.57. The largest absolute Gasteiger partial charge is 0.361 e. The summed E-state index contributed by atoms with van der Waals surface area (Å²) < 4.78 is 5.16. The molecule has 0 atom stereocenters. The van der Waals surface area contributed by atoms with Crippen molar-refractivity contribution in [3.05, 3.63) is 47.1 Å². The Labute approximate surface area is 178 Å². The fourth-order valence-electron chi connectivity index (χ4n) is 3.10. The Morgan fingerprint density at radius 3 is 2.67 bits per heavy atom. The lowest BCUT2D eigenvalue weighted by Crippen LogP contribution is -2.52. The molecule has 1 saturated heterocycles. The van der Waals surface area contributed by atoms with Crippen LogP contribution in [0.1, 0.15) is 29.6 Å². The number of hydrogen-bond donors (Lipinski definition) is 1. The van der Waals surface area contributed by atoms with Crippen LogP contribution in [0.5, 0.6) is 0 Å². The number of halogens is 1. The van der Waals surface area contributed by atoms with Crippen molar-refractivity contribution in [3.8, 4) is 0 Å². The van der Waals surface area contributed by atoms with Crippen LogP contribution in [-0.2, 0) is 13.1 Å². The number of rotatable bonds is 5. The number of aryl methyl sites for hydroxylation is 2. The predicted molar refractivity (Wildman–Crippen MR) is 117 cm³/mol. The van der Waals surface area contributed by atoms with Gasteiger partial charge in [0.2, 0.25) is 0 Å². The maximum atomic E-state index is 5.16. The Balaban J connectivity index is 0.00000261. The van der Waals surface area contributed by atoms with Crippen LogP contribution in [0.4, 0.5) is 0 Å². The number of nitrogens with one attached hydrogen (secondary N) is 1. The maximum absolute atomic E-state index is 5.16. The number of hydrogen-bond acceptors (Lipinski definition) is 5. The van der Waals surface area contributed by atoms with Gasteiger partial charge in [-0.2, -0.15) is 0 Å². The quantitative estimate of drug-likeness (QED) is 0.400. The molecule has 0 bridgehead atoms. The molecule has 7 nitrogen and oxygen atoms in total. The van der Waals surface area contributed by atoms with E-state index in [4.69, 9.17) is 9.52 Å². The van der Waals surface area contributed by atoms with Crippen LogP contribution in [-0.4, -0.2) is 58.6 Å². The molecule has 148 valence electrons. The van der Waals surface area contributed by atoms with Crippen LogP contribution in [0.3, 0.4) is 0 Å². The molecule has 1 N–H and O–H groups in total. The molecule has 0 aliphatic carbocycles. The molecule has 3 heterocycles. The topological polar surface area (TPSA) is 69.8 Å². The molecule has 0 aromatic carbocycles. The first kappa shape index (κ1) is 21.6. The zero-order valence-electron chi connectivity index (χ0n) is 16.3. The molecule has 0 amide bonds. The third-order valence-corrected chi connectivity index (χ3v) is 4.57. The van der Waals surface area contributed by atoms with Crippen molar-refractivity contribution in [2.24, 2.45) is 4.99 Å². The van der Waals surface area contributed by atoms with Crippen molar-refractivity contribution in [3.63, 3.8) is 0 Å². The number of guanidine groups is 1. The predicted octanol–water partition coefficient (Wildman–Crippen LogP) is 2.59. The van der Waals surface area contributed by atoms with Gasteiger partial charge in [0.25, 0.3) is 0 Å². The summed E-state index contributed by atoms with van der Waals surface area (Å²) in [5.41, 5.74) is 3.21. The van der Waals surface area contributed by atoms with E-state index >= 15 is 0 Å². The highest BCUT2D eigenvalue weighted by Crippen LogP contribution is 2.10. The van der Waals surface area contributed by atoms with Crippen LogP contribution < -0.4 is 5.32 Å². The highest BCUT2D eigenvalue weighted by atomic mass is 127. The Morgan fingerprint density at radius 2 is 2.04 bits per heavy atom. The molecule has 1 aliphatic heterocycles. The first-order valence-corrected chi connectivity index (χ1v) is 9.24. The first-order valence-electron chi connectivity index (χ1n) is 9.24. The zero-order chi connectivity index (χ0) is 18.4. The zero-order valence-corrected chi connectivity index (χ0v) is 18.6. The van der Waals surface area contributed by atoms with E-state index in [9.17, 15) is 0 Å². The Kier molecular flexibility index (Phi) is 8.49. The molecule has 0 radical (unpaired) electrons. The minimum Gasteiger partial charge on any atom is -0.361 e. The van der Waals surface area contributed by atoms with E-state index in [2.05, 4.69) is 45.2 Å². The van der Waals surface area contributed by atoms with E-state index in [0.717, 1.165) is 62.4 Å². The summed E-state index contributed by atoms with van der Waals surface area (Å²) in [7, 11) is 0. The summed E-state index contributed by atoms with van der Waals surface area (Å²) in [6.45, 7) is 12.3. The molecule has 27 heavy (non-hydrogen) atoms. The molecule has 2 aromatic rings. The van der Waals surface area contributed by atoms with Gasteiger partial charge in [-0.3, -0.25) is 9.88 Å². The van der Waals surface area contributed by atoms with Crippen LogP contribution in [0.25, 0.3) is 0 Å². The Morgan fingerprint density at radius 1 is 1.26 bits per heavy atom. The maximum Gasteiger partial charge on any atom is 0.194 e. The molecule has 8 heteroatoms. The second-order valence-corrected chi connectivity index (χ2v) is 6.63. The highest BCUT2D eigenvalue weighted by Gasteiger charge is 2.20. The fraction of sp³-hybridized carbons (Fsp3) is 0.526. The summed E-state index contributed by atoms with van der Waals surface area (Å²) >= 11 is 0. The number of aliphatic imine (C=N–C) groups is 1. The van der Waals surface area contributed by atoms with E-state index in [-0.39, 0.29) is 24.0 Å². The van der Waals surface area contributed by atoms with E-state index in [1.54, 1.807) is 0 Å². The first-order chi connectivity index (χ1) is 12.7. The minimum atomic E-state index is 0. The lowest BCUT2D eigenvalue weighted by molar-refractivity contribution is 0.169. The normalized spacial score (nSPS) is 15.5. The summed E-state index contributed by atoms with van der Waals surface area (Å²) in [4.78, 5) is 14.0. The second kappa shape index (κ2) is 10.6. The monoisotopic (exact) mass is 484 g/mol. The molecule has 1 fully saturated rings. The molecule has 3 rings (SSSR count). The van der Waals surface area contributed by atoms with Gasteiger partial charge in [-0.1, -0.05) is 11.2 Å². The minimum absolute atomic E-state index is 0. The van der Waals surface area contributed by atoms with Gasteiger partial charge < -0.3 is 14.7 Å². The van der Waals surface area contributed by atoms with Crippen molar-refractivity contribution in [1.82, 2.24) is 25.3 Å². The lowest BCUT2D eigenvalue weighted by atomic mass is 10.2. The number of nitrogens with zero attached hydrogens (tertiary/aromatic N) is 5. The van der Waals surface area contributed by atoms with Crippen LogP contribution in [0.15, 0.2) is 33.9 Å². The number of pyridine rings is 1. The molecule has 0 spiro atoms. The van der Waals surface area contributed by atoms with Crippen LogP contribution >= 0.6 is 24.0 Å². The van der Waals surface area contributed by atoms with Gasteiger partial charge in [0.1, 0.15) is 5.76 Å². The average Bonchev–Trinajstić information content (AvgIpc) is 3.05. The van der Waals surface area contributed by atoms with Gasteiger partial charge in [0, 0.05) is 51.5 Å². The van der Waals surface area contributed by atoms with Gasteiger partial charge in [0.15, 0.2) is 5.96 Å².